The van der Waals surface area contributed by atoms with Gasteiger partial charge in [0.05, 0.1) is 0 Å². The number of rotatable bonds is 6. The molecule has 0 radical (unpaired) electrons. The molecule has 3 rings (SSSR count). The molecule has 0 heterocycles. The second-order valence-corrected chi connectivity index (χ2v) is 6.27. The lowest BCUT2D eigenvalue weighted by Gasteiger charge is -2.09. The van der Waals surface area contributed by atoms with Crippen molar-refractivity contribution >= 4 is 17.7 Å². The Morgan fingerprint density at radius 1 is 1.00 bits per heavy atom. The van der Waals surface area contributed by atoms with Crippen LogP contribution in [-0.2, 0) is 11.4 Å². The maximum Gasteiger partial charge on any atom is 0.266 e. The summed E-state index contributed by atoms with van der Waals surface area (Å²) in [5, 5.41) is 12.0. The number of benzene rings is 3. The Hall–Kier alpha value is -3.84. The van der Waals surface area contributed by atoms with Crippen molar-refractivity contribution in [3.05, 3.63) is 101 Å². The summed E-state index contributed by atoms with van der Waals surface area (Å²) in [5.41, 5.74) is 3.76. The van der Waals surface area contributed by atoms with E-state index >= 15 is 0 Å². The standard InChI is InChI=1S/C24H20N2O2/c1-18-7-5-6-8-20(18)17-28-23-13-11-19(12-14-23)15-21(16-25)24(27)26-22-9-3-2-4-10-22/h2-15H,17H2,1H3,(H,26,27)/b21-15+. The van der Waals surface area contributed by atoms with Crippen LogP contribution in [0.25, 0.3) is 6.08 Å². The molecule has 0 atom stereocenters. The van der Waals surface area contributed by atoms with Crippen molar-refractivity contribution in [1.29, 1.82) is 5.26 Å². The van der Waals surface area contributed by atoms with Crippen LogP contribution in [0.4, 0.5) is 5.69 Å². The first-order chi connectivity index (χ1) is 13.7. The topological polar surface area (TPSA) is 62.1 Å². The fourth-order valence-corrected chi connectivity index (χ4v) is 2.63. The number of nitrogens with zero attached hydrogens (tertiary/aromatic N) is 1. The number of anilines is 1. The molecule has 0 aromatic heterocycles. The third-order valence-corrected chi connectivity index (χ3v) is 4.24. The van der Waals surface area contributed by atoms with Crippen LogP contribution in [0, 0.1) is 18.3 Å². The molecule has 28 heavy (non-hydrogen) atoms. The Morgan fingerprint density at radius 2 is 1.68 bits per heavy atom. The van der Waals surface area contributed by atoms with E-state index < -0.39 is 5.91 Å². The van der Waals surface area contributed by atoms with E-state index in [1.807, 2.05) is 66.7 Å². The van der Waals surface area contributed by atoms with Crippen LogP contribution >= 0.6 is 0 Å². The van der Waals surface area contributed by atoms with Crippen molar-refractivity contribution in [3.63, 3.8) is 0 Å². The van der Waals surface area contributed by atoms with Gasteiger partial charge in [-0.15, -0.1) is 0 Å². The van der Waals surface area contributed by atoms with Gasteiger partial charge < -0.3 is 10.1 Å². The van der Waals surface area contributed by atoms with Crippen molar-refractivity contribution in [2.45, 2.75) is 13.5 Å². The number of para-hydroxylation sites is 1. The molecule has 1 N–H and O–H groups in total. The molecular formula is C24H20N2O2. The highest BCUT2D eigenvalue weighted by atomic mass is 16.5. The lowest BCUT2D eigenvalue weighted by molar-refractivity contribution is -0.112. The number of hydrogen-bond acceptors (Lipinski definition) is 3. The van der Waals surface area contributed by atoms with Crippen molar-refractivity contribution < 1.29 is 9.53 Å². The van der Waals surface area contributed by atoms with Crippen LogP contribution in [0.1, 0.15) is 16.7 Å². The summed E-state index contributed by atoms with van der Waals surface area (Å²) in [6.45, 7) is 2.54. The summed E-state index contributed by atoms with van der Waals surface area (Å²) in [7, 11) is 0. The summed E-state index contributed by atoms with van der Waals surface area (Å²) in [4.78, 5) is 12.3. The molecule has 0 saturated carbocycles. The fourth-order valence-electron chi connectivity index (χ4n) is 2.63. The van der Waals surface area contributed by atoms with Crippen LogP contribution in [0.3, 0.4) is 0 Å². The predicted molar refractivity (Wildman–Crippen MR) is 111 cm³/mol. The van der Waals surface area contributed by atoms with Gasteiger partial charge in [0.1, 0.15) is 24.0 Å². The van der Waals surface area contributed by atoms with Crippen LogP contribution in [-0.4, -0.2) is 5.91 Å². The number of carbonyl (C=O) groups excluding carboxylic acids is 1. The van der Waals surface area contributed by atoms with E-state index in [0.29, 0.717) is 12.3 Å². The van der Waals surface area contributed by atoms with Crippen molar-refractivity contribution in [1.82, 2.24) is 0 Å². The van der Waals surface area contributed by atoms with Gasteiger partial charge in [-0.25, -0.2) is 0 Å². The Morgan fingerprint density at radius 3 is 2.36 bits per heavy atom. The van der Waals surface area contributed by atoms with Crippen molar-refractivity contribution in [2.75, 3.05) is 5.32 Å². The second kappa shape index (κ2) is 9.20. The normalized spacial score (nSPS) is 10.8. The maximum absolute atomic E-state index is 12.3. The van der Waals surface area contributed by atoms with Crippen LogP contribution < -0.4 is 10.1 Å². The van der Waals surface area contributed by atoms with Gasteiger partial charge in [0.2, 0.25) is 0 Å². The van der Waals surface area contributed by atoms with Gasteiger partial charge in [-0.3, -0.25) is 4.79 Å². The molecule has 3 aromatic rings. The summed E-state index contributed by atoms with van der Waals surface area (Å²) < 4.78 is 5.82. The molecule has 138 valence electrons. The minimum absolute atomic E-state index is 0.0393. The number of carbonyl (C=O) groups is 1. The Kier molecular flexibility index (Phi) is 6.22. The van der Waals surface area contributed by atoms with E-state index in [2.05, 4.69) is 18.3 Å². The third-order valence-electron chi connectivity index (χ3n) is 4.24. The first-order valence-electron chi connectivity index (χ1n) is 8.91. The van der Waals surface area contributed by atoms with E-state index in [9.17, 15) is 10.1 Å². The van der Waals surface area contributed by atoms with E-state index in [1.165, 1.54) is 5.56 Å². The number of ether oxygens (including phenoxy) is 1. The molecule has 4 heteroatoms. The van der Waals surface area contributed by atoms with Gasteiger partial charge in [-0.05, 0) is 54.0 Å². The van der Waals surface area contributed by atoms with E-state index in [4.69, 9.17) is 4.74 Å². The lowest BCUT2D eigenvalue weighted by atomic mass is 10.1. The first kappa shape index (κ1) is 18.9. The van der Waals surface area contributed by atoms with Crippen LogP contribution in [0.15, 0.2) is 84.4 Å². The average Bonchev–Trinajstić information content (AvgIpc) is 2.73. The molecule has 0 aliphatic carbocycles. The average molecular weight is 368 g/mol. The van der Waals surface area contributed by atoms with Gasteiger partial charge in [-0.2, -0.15) is 5.26 Å². The van der Waals surface area contributed by atoms with E-state index in [0.717, 1.165) is 16.9 Å². The zero-order valence-corrected chi connectivity index (χ0v) is 15.6. The van der Waals surface area contributed by atoms with E-state index in [1.54, 1.807) is 18.2 Å². The summed E-state index contributed by atoms with van der Waals surface area (Å²) in [5.74, 6) is 0.293. The van der Waals surface area contributed by atoms with Gasteiger partial charge in [0.25, 0.3) is 5.91 Å². The summed E-state index contributed by atoms with van der Waals surface area (Å²) in [6, 6.07) is 26.4. The summed E-state index contributed by atoms with van der Waals surface area (Å²) >= 11 is 0. The second-order valence-electron chi connectivity index (χ2n) is 6.27. The molecule has 0 aliphatic rings. The molecule has 4 nitrogen and oxygen atoms in total. The molecule has 0 aliphatic heterocycles. The first-order valence-corrected chi connectivity index (χ1v) is 8.91. The molecule has 0 bridgehead atoms. The third kappa shape index (κ3) is 5.09. The largest absolute Gasteiger partial charge is 0.489 e. The smallest absolute Gasteiger partial charge is 0.266 e. The zero-order chi connectivity index (χ0) is 19.8. The lowest BCUT2D eigenvalue weighted by Crippen LogP contribution is -2.13. The highest BCUT2D eigenvalue weighted by Gasteiger charge is 2.09. The molecule has 0 saturated heterocycles. The zero-order valence-electron chi connectivity index (χ0n) is 15.6. The number of hydrogen-bond donors (Lipinski definition) is 1. The fraction of sp³-hybridized carbons (Fsp3) is 0.0833. The Balaban J connectivity index is 1.65. The van der Waals surface area contributed by atoms with Crippen LogP contribution in [0.5, 0.6) is 5.75 Å². The van der Waals surface area contributed by atoms with Gasteiger partial charge in [0, 0.05) is 5.69 Å². The minimum atomic E-state index is -0.437. The van der Waals surface area contributed by atoms with Gasteiger partial charge in [0.15, 0.2) is 0 Å². The van der Waals surface area contributed by atoms with Crippen molar-refractivity contribution in [2.24, 2.45) is 0 Å². The minimum Gasteiger partial charge on any atom is -0.489 e. The van der Waals surface area contributed by atoms with Crippen LogP contribution in [0.2, 0.25) is 0 Å². The highest BCUT2D eigenvalue weighted by molar-refractivity contribution is 6.09. The summed E-state index contributed by atoms with van der Waals surface area (Å²) in [6.07, 6.45) is 1.56. The molecule has 0 spiro atoms. The number of nitriles is 1. The number of aryl methyl sites for hydroxylation is 1. The molecule has 0 unspecified atom stereocenters. The van der Waals surface area contributed by atoms with Crippen molar-refractivity contribution in [3.8, 4) is 11.8 Å². The Labute approximate surface area is 164 Å². The SMILES string of the molecule is Cc1ccccc1COc1ccc(/C=C(\C#N)C(=O)Nc2ccccc2)cc1. The molecule has 3 aromatic carbocycles. The predicted octanol–water partition coefficient (Wildman–Crippen LogP) is 5.12. The monoisotopic (exact) mass is 368 g/mol. The van der Waals surface area contributed by atoms with Gasteiger partial charge >= 0.3 is 0 Å². The van der Waals surface area contributed by atoms with E-state index in [-0.39, 0.29) is 5.57 Å². The highest BCUT2D eigenvalue weighted by Crippen LogP contribution is 2.18. The molecular weight excluding hydrogens is 348 g/mol. The maximum atomic E-state index is 12.3. The van der Waals surface area contributed by atoms with Gasteiger partial charge in [-0.1, -0.05) is 54.6 Å². The quantitative estimate of drug-likeness (QED) is 0.485. The Bertz CT molecular complexity index is 1020. The number of amides is 1. The molecule has 0 fully saturated rings. The number of nitrogens with one attached hydrogen (secondary N) is 1. The molecule has 1 amide bonds.